The van der Waals surface area contributed by atoms with Gasteiger partial charge < -0.3 is 19.7 Å². The summed E-state index contributed by atoms with van der Waals surface area (Å²) in [6.07, 6.45) is 0.193. The van der Waals surface area contributed by atoms with Gasteiger partial charge in [-0.1, -0.05) is 42.0 Å². The smallest absolute Gasteiger partial charge is 0.336 e. The maximum absolute atomic E-state index is 13.3. The van der Waals surface area contributed by atoms with Crippen LogP contribution in [0.25, 0.3) is 0 Å². The Bertz CT molecular complexity index is 1170. The van der Waals surface area contributed by atoms with Gasteiger partial charge in [0.2, 0.25) is 5.91 Å². The Balaban J connectivity index is 1.45. The molecule has 1 unspecified atom stereocenters. The zero-order valence-corrected chi connectivity index (χ0v) is 22.5. The van der Waals surface area contributed by atoms with Crippen LogP contribution in [0, 0.1) is 6.92 Å². The molecule has 0 radical (unpaired) electrons. The molecule has 0 aromatic heterocycles. The SMILES string of the molecule is CCOC(=O)C1=C(C)N(Cc2ccc(C(=O)NCCN3CCOCC3)cc2)C(=O)CC1c1ccc(C)cc1. The van der Waals surface area contributed by atoms with Gasteiger partial charge in [0.05, 0.1) is 31.9 Å². The third-order valence-corrected chi connectivity index (χ3v) is 7.17. The monoisotopic (exact) mass is 519 g/mol. The molecule has 8 nitrogen and oxygen atoms in total. The number of carbonyl (C=O) groups is 3. The third kappa shape index (κ3) is 6.68. The van der Waals surface area contributed by atoms with Crippen molar-refractivity contribution < 1.29 is 23.9 Å². The van der Waals surface area contributed by atoms with E-state index < -0.39 is 5.97 Å². The lowest BCUT2D eigenvalue weighted by molar-refractivity contribution is -0.140. The Morgan fingerprint density at radius 2 is 1.71 bits per heavy atom. The van der Waals surface area contributed by atoms with Crippen molar-refractivity contribution in [1.82, 2.24) is 15.1 Å². The van der Waals surface area contributed by atoms with E-state index in [1.807, 2.05) is 43.3 Å². The largest absolute Gasteiger partial charge is 0.463 e. The second-order valence-corrected chi connectivity index (χ2v) is 9.77. The second kappa shape index (κ2) is 12.8. The molecule has 1 N–H and O–H groups in total. The fraction of sp³-hybridized carbons (Fsp3) is 0.433. The van der Waals surface area contributed by atoms with Gasteiger partial charge in [0.1, 0.15) is 0 Å². The van der Waals surface area contributed by atoms with Gasteiger partial charge in [-0.3, -0.25) is 14.5 Å². The van der Waals surface area contributed by atoms with Crippen LogP contribution in [-0.2, 0) is 25.6 Å². The summed E-state index contributed by atoms with van der Waals surface area (Å²) >= 11 is 0. The number of esters is 1. The van der Waals surface area contributed by atoms with E-state index in [2.05, 4.69) is 10.2 Å². The maximum atomic E-state index is 13.3. The van der Waals surface area contributed by atoms with Gasteiger partial charge >= 0.3 is 5.97 Å². The first kappa shape index (κ1) is 27.5. The summed E-state index contributed by atoms with van der Waals surface area (Å²) in [6, 6.07) is 15.2. The standard InChI is InChI=1S/C30H37N3O5/c1-4-38-30(36)28-22(3)33(27(34)19-26(28)24-9-5-21(2)6-10-24)20-23-7-11-25(12-8-23)29(35)31-13-14-32-15-17-37-18-16-32/h5-12,26H,4,13-20H2,1-3H3,(H,31,35). The van der Waals surface area contributed by atoms with Crippen LogP contribution in [-0.4, -0.2) is 73.6 Å². The number of aryl methyl sites for hydroxylation is 1. The molecule has 2 aliphatic rings. The van der Waals surface area contributed by atoms with Crippen molar-refractivity contribution in [3.8, 4) is 0 Å². The second-order valence-electron chi connectivity index (χ2n) is 9.77. The van der Waals surface area contributed by atoms with E-state index >= 15 is 0 Å². The Hall–Kier alpha value is -3.49. The van der Waals surface area contributed by atoms with E-state index in [-0.39, 0.29) is 30.8 Å². The minimum atomic E-state index is -0.392. The number of amides is 2. The van der Waals surface area contributed by atoms with E-state index in [0.29, 0.717) is 29.9 Å². The van der Waals surface area contributed by atoms with Crippen LogP contribution >= 0.6 is 0 Å². The highest BCUT2D eigenvalue weighted by Gasteiger charge is 2.36. The van der Waals surface area contributed by atoms with Gasteiger partial charge in [0.15, 0.2) is 0 Å². The molecule has 2 aliphatic heterocycles. The number of ether oxygens (including phenoxy) is 2. The number of nitrogens with zero attached hydrogens (tertiary/aromatic N) is 2. The van der Waals surface area contributed by atoms with Crippen molar-refractivity contribution in [2.75, 3.05) is 46.0 Å². The van der Waals surface area contributed by atoms with Crippen molar-refractivity contribution in [2.24, 2.45) is 0 Å². The molecule has 0 bridgehead atoms. The number of allylic oxidation sites excluding steroid dienone is 1. The lowest BCUT2D eigenvalue weighted by atomic mass is 9.83. The van der Waals surface area contributed by atoms with Crippen LogP contribution in [0.4, 0.5) is 0 Å². The predicted octanol–water partition coefficient (Wildman–Crippen LogP) is 3.41. The third-order valence-electron chi connectivity index (χ3n) is 7.17. The number of nitrogens with one attached hydrogen (secondary N) is 1. The molecule has 2 amide bonds. The minimum Gasteiger partial charge on any atom is -0.463 e. The number of benzene rings is 2. The molecule has 8 heteroatoms. The van der Waals surface area contributed by atoms with E-state index in [1.54, 1.807) is 30.9 Å². The minimum absolute atomic E-state index is 0.0499. The van der Waals surface area contributed by atoms with Gasteiger partial charge in [0, 0.05) is 49.8 Å². The predicted molar refractivity (Wildman–Crippen MR) is 144 cm³/mol. The molecule has 0 spiro atoms. The number of carbonyl (C=O) groups excluding carboxylic acids is 3. The number of hydrogen-bond donors (Lipinski definition) is 1. The summed E-state index contributed by atoms with van der Waals surface area (Å²) in [6.45, 7) is 10.8. The molecule has 1 saturated heterocycles. The molecule has 0 aliphatic carbocycles. The normalized spacial score (nSPS) is 18.4. The number of rotatable bonds is 9. The molecular formula is C30H37N3O5. The molecule has 1 atom stereocenters. The van der Waals surface area contributed by atoms with Gasteiger partial charge in [-0.05, 0) is 44.0 Å². The topological polar surface area (TPSA) is 88.2 Å². The molecule has 2 heterocycles. The van der Waals surface area contributed by atoms with Crippen molar-refractivity contribution in [1.29, 1.82) is 0 Å². The molecular weight excluding hydrogens is 482 g/mol. The van der Waals surface area contributed by atoms with Crippen LogP contribution in [0.15, 0.2) is 59.8 Å². The fourth-order valence-corrected chi connectivity index (χ4v) is 4.96. The van der Waals surface area contributed by atoms with Gasteiger partial charge in [0.25, 0.3) is 5.91 Å². The Morgan fingerprint density at radius 1 is 1.03 bits per heavy atom. The maximum Gasteiger partial charge on any atom is 0.336 e. The first-order valence-corrected chi connectivity index (χ1v) is 13.3. The van der Waals surface area contributed by atoms with Gasteiger partial charge in [-0.25, -0.2) is 4.79 Å². The molecule has 4 rings (SSSR count). The lowest BCUT2D eigenvalue weighted by Crippen LogP contribution is -2.41. The molecule has 38 heavy (non-hydrogen) atoms. The molecule has 2 aromatic rings. The molecule has 1 fully saturated rings. The van der Waals surface area contributed by atoms with E-state index in [9.17, 15) is 14.4 Å². The highest BCUT2D eigenvalue weighted by molar-refractivity contribution is 5.96. The van der Waals surface area contributed by atoms with Gasteiger partial charge in [-0.2, -0.15) is 0 Å². The molecule has 0 saturated carbocycles. The fourth-order valence-electron chi connectivity index (χ4n) is 4.96. The van der Waals surface area contributed by atoms with Crippen molar-refractivity contribution in [3.63, 3.8) is 0 Å². The zero-order chi connectivity index (χ0) is 27.1. The van der Waals surface area contributed by atoms with Crippen molar-refractivity contribution in [3.05, 3.63) is 82.1 Å². The Kier molecular flexibility index (Phi) is 9.31. The first-order chi connectivity index (χ1) is 18.4. The highest BCUT2D eigenvalue weighted by Crippen LogP contribution is 2.37. The summed E-state index contributed by atoms with van der Waals surface area (Å²) in [5, 5.41) is 2.97. The van der Waals surface area contributed by atoms with Crippen LogP contribution in [0.3, 0.4) is 0 Å². The summed E-state index contributed by atoms with van der Waals surface area (Å²) in [5.74, 6) is -0.911. The van der Waals surface area contributed by atoms with Crippen LogP contribution in [0.5, 0.6) is 0 Å². The average molecular weight is 520 g/mol. The Morgan fingerprint density at radius 3 is 2.37 bits per heavy atom. The quantitative estimate of drug-likeness (QED) is 0.511. The summed E-state index contributed by atoms with van der Waals surface area (Å²) in [4.78, 5) is 42.8. The summed E-state index contributed by atoms with van der Waals surface area (Å²) in [7, 11) is 0. The summed E-state index contributed by atoms with van der Waals surface area (Å²) < 4.78 is 10.7. The van der Waals surface area contributed by atoms with E-state index in [4.69, 9.17) is 9.47 Å². The van der Waals surface area contributed by atoms with E-state index in [0.717, 1.165) is 49.5 Å². The molecule has 2 aromatic carbocycles. The van der Waals surface area contributed by atoms with Crippen LogP contribution in [0.1, 0.15) is 53.2 Å². The number of morpholine rings is 1. The zero-order valence-electron chi connectivity index (χ0n) is 22.5. The van der Waals surface area contributed by atoms with Crippen molar-refractivity contribution >= 4 is 17.8 Å². The van der Waals surface area contributed by atoms with Crippen LogP contribution in [0.2, 0.25) is 0 Å². The Labute approximate surface area is 224 Å². The highest BCUT2D eigenvalue weighted by atomic mass is 16.5. The van der Waals surface area contributed by atoms with Crippen molar-refractivity contribution in [2.45, 2.75) is 39.7 Å². The van der Waals surface area contributed by atoms with Gasteiger partial charge in [-0.15, -0.1) is 0 Å². The summed E-state index contributed by atoms with van der Waals surface area (Å²) in [5.41, 5.74) is 4.61. The van der Waals surface area contributed by atoms with E-state index in [1.165, 1.54) is 0 Å². The molecule has 202 valence electrons. The van der Waals surface area contributed by atoms with Crippen LogP contribution < -0.4 is 5.32 Å². The lowest BCUT2D eigenvalue weighted by Gasteiger charge is -2.34. The first-order valence-electron chi connectivity index (χ1n) is 13.3. The average Bonchev–Trinajstić information content (AvgIpc) is 2.92. The number of hydrogen-bond acceptors (Lipinski definition) is 6.